The summed E-state index contributed by atoms with van der Waals surface area (Å²) in [6.07, 6.45) is -2.60. The second kappa shape index (κ2) is 11.4. The Hall–Kier alpha value is -3.54. The van der Waals surface area contributed by atoms with Crippen LogP contribution in [0.25, 0.3) is 10.8 Å². The van der Waals surface area contributed by atoms with Crippen LogP contribution in [-0.2, 0) is 11.2 Å². The van der Waals surface area contributed by atoms with E-state index >= 15 is 0 Å². The summed E-state index contributed by atoms with van der Waals surface area (Å²) >= 11 is 0. The number of benzene rings is 3. The Balaban J connectivity index is 1.38. The molecule has 0 radical (unpaired) electrons. The first kappa shape index (κ1) is 30.5. The molecule has 44 heavy (non-hydrogen) atoms. The van der Waals surface area contributed by atoms with E-state index in [1.165, 1.54) is 6.07 Å². The van der Waals surface area contributed by atoms with Gasteiger partial charge in [-0.1, -0.05) is 49.2 Å². The van der Waals surface area contributed by atoms with Gasteiger partial charge in [-0.15, -0.1) is 0 Å². The van der Waals surface area contributed by atoms with Gasteiger partial charge in [0.25, 0.3) is 0 Å². The van der Waals surface area contributed by atoms with Crippen LogP contribution in [0.5, 0.6) is 11.5 Å². The van der Waals surface area contributed by atoms with Gasteiger partial charge in [-0.25, -0.2) is 4.79 Å². The van der Waals surface area contributed by atoms with E-state index in [2.05, 4.69) is 0 Å². The SMILES string of the molecule is Cc1cc2cc(C(=O)O)cc(OC3OC4C5(O)CCCCC5CCC4(O)C(O)C3O)c2c(O)c1C(=O)CCc1ccccc1. The van der Waals surface area contributed by atoms with Gasteiger partial charge in [0.15, 0.2) is 5.78 Å². The zero-order valence-electron chi connectivity index (χ0n) is 24.5. The first-order valence-corrected chi connectivity index (χ1v) is 15.2. The van der Waals surface area contributed by atoms with Crippen molar-refractivity contribution in [2.75, 3.05) is 0 Å². The summed E-state index contributed by atoms with van der Waals surface area (Å²) in [4.78, 5) is 25.4. The van der Waals surface area contributed by atoms with E-state index in [0.717, 1.165) is 24.5 Å². The Morgan fingerprint density at radius 2 is 1.75 bits per heavy atom. The highest BCUT2D eigenvalue weighted by atomic mass is 16.7. The summed E-state index contributed by atoms with van der Waals surface area (Å²) in [5.41, 5.74) is -2.10. The number of aromatic carboxylic acids is 1. The molecular weight excluding hydrogens is 568 g/mol. The van der Waals surface area contributed by atoms with Crippen molar-refractivity contribution in [3.8, 4) is 11.5 Å². The Labute approximate surface area is 254 Å². The lowest BCUT2D eigenvalue weighted by Gasteiger charge is -2.59. The molecule has 234 valence electrons. The van der Waals surface area contributed by atoms with Gasteiger partial charge in [-0.05, 0) is 73.6 Å². The Kier molecular flexibility index (Phi) is 7.92. The average Bonchev–Trinajstić information content (AvgIpc) is 2.99. The number of ether oxygens (including phenoxy) is 2. The molecule has 0 bridgehead atoms. The normalized spacial score (nSPS) is 31.6. The molecule has 3 fully saturated rings. The van der Waals surface area contributed by atoms with Crippen LogP contribution in [0.15, 0.2) is 48.5 Å². The van der Waals surface area contributed by atoms with Crippen molar-refractivity contribution in [2.45, 2.75) is 94.1 Å². The van der Waals surface area contributed by atoms with Crippen LogP contribution in [0.2, 0.25) is 0 Å². The molecule has 7 unspecified atom stereocenters. The van der Waals surface area contributed by atoms with E-state index in [1.54, 1.807) is 13.0 Å². The van der Waals surface area contributed by atoms with Gasteiger partial charge < -0.3 is 40.1 Å². The molecule has 0 spiro atoms. The quantitative estimate of drug-likeness (QED) is 0.218. The van der Waals surface area contributed by atoms with Crippen molar-refractivity contribution in [3.63, 3.8) is 0 Å². The molecule has 2 aliphatic carbocycles. The molecule has 3 aliphatic rings. The third kappa shape index (κ3) is 5.04. The summed E-state index contributed by atoms with van der Waals surface area (Å²) in [5, 5.41) is 67.1. The molecule has 1 saturated heterocycles. The highest BCUT2D eigenvalue weighted by Gasteiger charge is 2.66. The van der Waals surface area contributed by atoms with E-state index in [9.17, 15) is 40.2 Å². The number of aliphatic hydroxyl groups is 4. The molecule has 6 rings (SSSR count). The van der Waals surface area contributed by atoms with Gasteiger partial charge >= 0.3 is 5.97 Å². The van der Waals surface area contributed by atoms with Crippen LogP contribution >= 0.6 is 0 Å². The van der Waals surface area contributed by atoms with Crippen LogP contribution in [0.1, 0.15) is 76.8 Å². The Morgan fingerprint density at radius 3 is 2.48 bits per heavy atom. The van der Waals surface area contributed by atoms with Crippen LogP contribution < -0.4 is 4.74 Å². The maximum atomic E-state index is 13.4. The third-order valence-electron chi connectivity index (χ3n) is 9.90. The third-order valence-corrected chi connectivity index (χ3v) is 9.90. The van der Waals surface area contributed by atoms with Crippen molar-refractivity contribution in [3.05, 3.63) is 70.8 Å². The molecule has 3 aromatic rings. The maximum absolute atomic E-state index is 13.4. The summed E-state index contributed by atoms with van der Waals surface area (Å²) < 4.78 is 12.2. The fraction of sp³-hybridized carbons (Fsp3) is 0.471. The molecule has 1 heterocycles. The summed E-state index contributed by atoms with van der Waals surface area (Å²) in [6.45, 7) is 1.65. The molecule has 10 nitrogen and oxygen atoms in total. The lowest BCUT2D eigenvalue weighted by molar-refractivity contribution is -0.361. The van der Waals surface area contributed by atoms with Crippen LogP contribution in [0.4, 0.5) is 0 Å². The first-order chi connectivity index (χ1) is 20.9. The predicted molar refractivity (Wildman–Crippen MR) is 159 cm³/mol. The zero-order chi connectivity index (χ0) is 31.4. The number of Topliss-reactive ketones (excluding diaryl/α,β-unsaturated/α-hetero) is 1. The minimum Gasteiger partial charge on any atom is -0.506 e. The minimum atomic E-state index is -1.93. The van der Waals surface area contributed by atoms with Gasteiger partial charge in [0.1, 0.15) is 35.4 Å². The molecule has 3 aromatic carbocycles. The van der Waals surface area contributed by atoms with Gasteiger partial charge in [-0.3, -0.25) is 4.79 Å². The molecule has 0 amide bonds. The van der Waals surface area contributed by atoms with E-state index in [4.69, 9.17) is 9.47 Å². The number of hydrogen-bond donors (Lipinski definition) is 6. The number of aryl methyl sites for hydroxylation is 2. The molecule has 6 N–H and O–H groups in total. The Morgan fingerprint density at radius 1 is 1.00 bits per heavy atom. The number of carbonyl (C=O) groups is 2. The summed E-state index contributed by atoms with van der Waals surface area (Å²) in [7, 11) is 0. The second-order valence-corrected chi connectivity index (χ2v) is 12.6. The highest BCUT2D eigenvalue weighted by Crippen LogP contribution is 2.52. The van der Waals surface area contributed by atoms with Crippen molar-refractivity contribution in [1.29, 1.82) is 0 Å². The first-order valence-electron chi connectivity index (χ1n) is 15.2. The number of hydrogen-bond acceptors (Lipinski definition) is 9. The topological polar surface area (TPSA) is 174 Å². The lowest BCUT2D eigenvalue weighted by Crippen LogP contribution is -2.76. The number of carboxylic acids is 1. The minimum absolute atomic E-state index is 0.0349. The number of fused-ring (bicyclic) bond motifs is 4. The molecule has 7 atom stereocenters. The highest BCUT2D eigenvalue weighted by molar-refractivity contribution is 6.09. The van der Waals surface area contributed by atoms with Crippen molar-refractivity contribution in [1.82, 2.24) is 0 Å². The number of aromatic hydroxyl groups is 1. The van der Waals surface area contributed by atoms with Crippen LogP contribution in [0.3, 0.4) is 0 Å². The molecule has 0 aromatic heterocycles. The van der Waals surface area contributed by atoms with Gasteiger partial charge in [0.05, 0.1) is 22.1 Å². The maximum Gasteiger partial charge on any atom is 0.335 e. The Bertz CT molecular complexity index is 1580. The zero-order valence-corrected chi connectivity index (χ0v) is 24.5. The largest absolute Gasteiger partial charge is 0.506 e. The van der Waals surface area contributed by atoms with Crippen molar-refractivity contribution >= 4 is 22.5 Å². The number of carbonyl (C=O) groups excluding carboxylic acids is 1. The van der Waals surface area contributed by atoms with Crippen molar-refractivity contribution in [2.24, 2.45) is 5.92 Å². The number of phenolic OH excluding ortho intramolecular Hbond substituents is 1. The average molecular weight is 607 g/mol. The smallest absolute Gasteiger partial charge is 0.335 e. The van der Waals surface area contributed by atoms with E-state index < -0.39 is 47.5 Å². The van der Waals surface area contributed by atoms with Crippen LogP contribution in [-0.4, -0.2) is 78.2 Å². The fourth-order valence-corrected chi connectivity index (χ4v) is 7.60. The van der Waals surface area contributed by atoms with E-state index in [0.29, 0.717) is 31.2 Å². The predicted octanol–water partition coefficient (Wildman–Crippen LogP) is 3.64. The molecule has 2 saturated carbocycles. The second-order valence-electron chi connectivity index (χ2n) is 12.6. The number of rotatable bonds is 7. The van der Waals surface area contributed by atoms with Gasteiger partial charge in [-0.2, -0.15) is 0 Å². The number of ketones is 1. The monoisotopic (exact) mass is 606 g/mol. The van der Waals surface area contributed by atoms with Gasteiger partial charge in [0.2, 0.25) is 6.29 Å². The fourth-order valence-electron chi connectivity index (χ4n) is 7.60. The number of aliphatic hydroxyl groups excluding tert-OH is 2. The lowest BCUT2D eigenvalue weighted by atomic mass is 9.58. The molecular formula is C34H38O10. The summed E-state index contributed by atoms with van der Waals surface area (Å²) in [6, 6.07) is 13.5. The standard InChI is InChI=1S/C34H38O10/c1-18-15-20-16-21(30(39)40)17-24(26(20)27(36)25(18)23(35)11-10-19-7-3-2-4-8-19)43-31-28(37)29(38)34(42)14-12-22-9-5-6-13-33(22,41)32(34)44-31/h2-4,7-8,15-17,22,28-29,31-32,36-38,41-42H,5-6,9-14H2,1H3,(H,39,40). The van der Waals surface area contributed by atoms with E-state index in [1.807, 2.05) is 30.3 Å². The number of phenols is 1. The van der Waals surface area contributed by atoms with Gasteiger partial charge in [0, 0.05) is 6.42 Å². The van der Waals surface area contributed by atoms with Crippen molar-refractivity contribution < 1.29 is 49.7 Å². The van der Waals surface area contributed by atoms with E-state index in [-0.39, 0.29) is 52.2 Å². The van der Waals surface area contributed by atoms with Crippen LogP contribution in [0, 0.1) is 12.8 Å². The molecule has 1 aliphatic heterocycles. The molecule has 10 heteroatoms. The summed E-state index contributed by atoms with van der Waals surface area (Å²) in [5.74, 6) is -2.36. The number of carboxylic acid groups (broad SMARTS) is 1.